The van der Waals surface area contributed by atoms with E-state index in [2.05, 4.69) is 15.3 Å². The van der Waals surface area contributed by atoms with Crippen molar-refractivity contribution in [2.24, 2.45) is 7.05 Å². The zero-order chi connectivity index (χ0) is 17.1. The number of nitrogens with one attached hydrogen (secondary N) is 1. The van der Waals surface area contributed by atoms with Crippen molar-refractivity contribution in [3.05, 3.63) is 47.8 Å². The molecule has 0 aromatic carbocycles. The van der Waals surface area contributed by atoms with E-state index in [1.807, 2.05) is 24.1 Å². The molecule has 126 valence electrons. The summed E-state index contributed by atoms with van der Waals surface area (Å²) < 4.78 is 1.74. The first-order chi connectivity index (χ1) is 11.6. The molecule has 1 saturated heterocycles. The Morgan fingerprint density at radius 1 is 1.33 bits per heavy atom. The molecule has 2 aromatic rings. The Labute approximate surface area is 140 Å². The summed E-state index contributed by atoms with van der Waals surface area (Å²) in [5, 5.41) is 2.75. The van der Waals surface area contributed by atoms with Crippen LogP contribution in [0.2, 0.25) is 0 Å². The zero-order valence-electron chi connectivity index (χ0n) is 13.9. The summed E-state index contributed by atoms with van der Waals surface area (Å²) in [4.78, 5) is 34.2. The van der Waals surface area contributed by atoms with Gasteiger partial charge in [-0.3, -0.25) is 14.6 Å². The normalized spacial score (nSPS) is 17.1. The molecule has 3 heterocycles. The third kappa shape index (κ3) is 3.29. The number of hydrogen-bond acceptors (Lipinski definition) is 4. The van der Waals surface area contributed by atoms with Gasteiger partial charge in [0.15, 0.2) is 5.82 Å². The number of aromatic nitrogens is 3. The molecule has 24 heavy (non-hydrogen) atoms. The Morgan fingerprint density at radius 3 is 2.79 bits per heavy atom. The second-order valence-corrected chi connectivity index (χ2v) is 6.02. The standard InChI is InChI=1S/C17H21N5O2/c1-12(23)19-10-13-5-6-14(20-11-13)15-4-3-8-22(15)17(24)16-18-7-9-21(16)2/h5-7,9,11,15H,3-4,8,10H2,1-2H3,(H,19,23)/t15-/m1/s1. The lowest BCUT2D eigenvalue weighted by molar-refractivity contribution is -0.119. The Bertz CT molecular complexity index is 738. The Morgan fingerprint density at radius 2 is 2.17 bits per heavy atom. The molecule has 2 aromatic heterocycles. The highest BCUT2D eigenvalue weighted by Gasteiger charge is 2.33. The Kier molecular flexibility index (Phi) is 4.59. The molecule has 0 aliphatic carbocycles. The lowest BCUT2D eigenvalue weighted by Gasteiger charge is -2.24. The van der Waals surface area contributed by atoms with Crippen LogP contribution in [-0.4, -0.2) is 37.8 Å². The van der Waals surface area contributed by atoms with Crippen LogP contribution in [0.4, 0.5) is 0 Å². The van der Waals surface area contributed by atoms with Gasteiger partial charge in [0.05, 0.1) is 11.7 Å². The van der Waals surface area contributed by atoms with E-state index in [9.17, 15) is 9.59 Å². The molecule has 0 saturated carbocycles. The number of carbonyl (C=O) groups is 2. The first kappa shape index (κ1) is 16.2. The van der Waals surface area contributed by atoms with Gasteiger partial charge in [0.25, 0.3) is 5.91 Å². The molecule has 1 atom stereocenters. The molecule has 3 rings (SSSR count). The van der Waals surface area contributed by atoms with Crippen LogP contribution in [0, 0.1) is 0 Å². The second kappa shape index (κ2) is 6.82. The van der Waals surface area contributed by atoms with E-state index in [0.29, 0.717) is 18.9 Å². The molecule has 2 amide bonds. The van der Waals surface area contributed by atoms with Crippen molar-refractivity contribution in [1.29, 1.82) is 0 Å². The number of imidazole rings is 1. The summed E-state index contributed by atoms with van der Waals surface area (Å²) in [5.41, 5.74) is 1.82. The monoisotopic (exact) mass is 327 g/mol. The Hall–Kier alpha value is -2.70. The summed E-state index contributed by atoms with van der Waals surface area (Å²) in [6.45, 7) is 2.66. The summed E-state index contributed by atoms with van der Waals surface area (Å²) in [7, 11) is 1.82. The van der Waals surface area contributed by atoms with E-state index in [4.69, 9.17) is 0 Å². The van der Waals surface area contributed by atoms with Crippen LogP contribution in [0.15, 0.2) is 30.7 Å². The second-order valence-electron chi connectivity index (χ2n) is 6.02. The van der Waals surface area contributed by atoms with E-state index in [-0.39, 0.29) is 17.9 Å². The van der Waals surface area contributed by atoms with Gasteiger partial charge in [-0.1, -0.05) is 6.07 Å². The fourth-order valence-corrected chi connectivity index (χ4v) is 2.98. The van der Waals surface area contributed by atoms with E-state index < -0.39 is 0 Å². The van der Waals surface area contributed by atoms with E-state index in [1.165, 1.54) is 6.92 Å². The smallest absolute Gasteiger partial charge is 0.290 e. The topological polar surface area (TPSA) is 80.1 Å². The first-order valence-electron chi connectivity index (χ1n) is 8.04. The van der Waals surface area contributed by atoms with Crippen LogP contribution in [-0.2, 0) is 18.4 Å². The Balaban J connectivity index is 1.74. The van der Waals surface area contributed by atoms with Gasteiger partial charge in [0.1, 0.15) is 0 Å². The molecule has 7 nitrogen and oxygen atoms in total. The minimum atomic E-state index is -0.0679. The predicted octanol–water partition coefficient (Wildman–Crippen LogP) is 1.43. The highest BCUT2D eigenvalue weighted by atomic mass is 16.2. The molecule has 1 N–H and O–H groups in total. The average molecular weight is 327 g/mol. The number of likely N-dealkylation sites (tertiary alicyclic amines) is 1. The average Bonchev–Trinajstić information content (AvgIpc) is 3.21. The number of rotatable bonds is 4. The van der Waals surface area contributed by atoms with Gasteiger partial charge in [-0.05, 0) is 24.5 Å². The molecule has 0 spiro atoms. The van der Waals surface area contributed by atoms with Crippen LogP contribution < -0.4 is 5.32 Å². The van der Waals surface area contributed by atoms with Crippen molar-refractivity contribution < 1.29 is 9.59 Å². The number of hydrogen-bond donors (Lipinski definition) is 1. The van der Waals surface area contributed by atoms with Crippen LogP contribution >= 0.6 is 0 Å². The molecule has 1 aliphatic heterocycles. The maximum Gasteiger partial charge on any atom is 0.290 e. The predicted molar refractivity (Wildman–Crippen MR) is 88.0 cm³/mol. The molecular formula is C17H21N5O2. The van der Waals surface area contributed by atoms with Gasteiger partial charge in [-0.25, -0.2) is 4.98 Å². The fraction of sp³-hybridized carbons (Fsp3) is 0.412. The van der Waals surface area contributed by atoms with Gasteiger partial charge >= 0.3 is 0 Å². The van der Waals surface area contributed by atoms with Gasteiger partial charge in [-0.2, -0.15) is 0 Å². The van der Waals surface area contributed by atoms with Gasteiger partial charge < -0.3 is 14.8 Å². The van der Waals surface area contributed by atoms with E-state index >= 15 is 0 Å². The van der Waals surface area contributed by atoms with Gasteiger partial charge in [-0.15, -0.1) is 0 Å². The summed E-state index contributed by atoms with van der Waals surface area (Å²) >= 11 is 0. The molecular weight excluding hydrogens is 306 g/mol. The van der Waals surface area contributed by atoms with E-state index in [1.54, 1.807) is 23.2 Å². The minimum Gasteiger partial charge on any atom is -0.352 e. The van der Waals surface area contributed by atoms with Gasteiger partial charge in [0, 0.05) is 45.7 Å². The summed E-state index contributed by atoms with van der Waals surface area (Å²) in [5.74, 6) is 0.319. The van der Waals surface area contributed by atoms with Crippen molar-refractivity contribution in [3.8, 4) is 0 Å². The maximum absolute atomic E-state index is 12.7. The van der Waals surface area contributed by atoms with Crippen molar-refractivity contribution >= 4 is 11.8 Å². The molecule has 0 unspecified atom stereocenters. The number of amides is 2. The highest BCUT2D eigenvalue weighted by Crippen LogP contribution is 2.31. The molecule has 7 heteroatoms. The van der Waals surface area contributed by atoms with Crippen LogP contribution in [0.1, 0.15) is 47.7 Å². The highest BCUT2D eigenvalue weighted by molar-refractivity contribution is 5.91. The van der Waals surface area contributed by atoms with Crippen LogP contribution in [0.3, 0.4) is 0 Å². The lowest BCUT2D eigenvalue weighted by Crippen LogP contribution is -2.32. The third-order valence-electron chi connectivity index (χ3n) is 4.26. The van der Waals surface area contributed by atoms with Crippen LogP contribution in [0.5, 0.6) is 0 Å². The van der Waals surface area contributed by atoms with Crippen molar-refractivity contribution in [2.45, 2.75) is 32.4 Å². The largest absolute Gasteiger partial charge is 0.352 e. The molecule has 1 aliphatic rings. The number of carbonyl (C=O) groups excluding carboxylic acids is 2. The maximum atomic E-state index is 12.7. The summed E-state index contributed by atoms with van der Waals surface area (Å²) in [6.07, 6.45) is 7.01. The molecule has 0 bridgehead atoms. The number of aryl methyl sites for hydroxylation is 1. The number of pyridine rings is 1. The minimum absolute atomic E-state index is 0.0241. The molecule has 0 radical (unpaired) electrons. The quantitative estimate of drug-likeness (QED) is 0.921. The van der Waals surface area contributed by atoms with E-state index in [0.717, 1.165) is 24.1 Å². The zero-order valence-corrected chi connectivity index (χ0v) is 13.9. The SMILES string of the molecule is CC(=O)NCc1ccc([C@H]2CCCN2C(=O)c2nccn2C)nc1. The fourth-order valence-electron chi connectivity index (χ4n) is 2.98. The van der Waals surface area contributed by atoms with Crippen molar-refractivity contribution in [2.75, 3.05) is 6.54 Å². The summed E-state index contributed by atoms with van der Waals surface area (Å²) in [6, 6.07) is 3.86. The van der Waals surface area contributed by atoms with Crippen molar-refractivity contribution in [1.82, 2.24) is 24.8 Å². The number of nitrogens with zero attached hydrogens (tertiary/aromatic N) is 4. The van der Waals surface area contributed by atoms with Gasteiger partial charge in [0.2, 0.25) is 5.91 Å². The van der Waals surface area contributed by atoms with Crippen LogP contribution in [0.25, 0.3) is 0 Å². The van der Waals surface area contributed by atoms with Crippen molar-refractivity contribution in [3.63, 3.8) is 0 Å². The first-order valence-corrected chi connectivity index (χ1v) is 8.04. The third-order valence-corrected chi connectivity index (χ3v) is 4.26. The lowest BCUT2D eigenvalue weighted by atomic mass is 10.1. The molecule has 1 fully saturated rings.